The van der Waals surface area contributed by atoms with E-state index in [1.165, 1.54) is 9.47 Å². The van der Waals surface area contributed by atoms with E-state index in [1.54, 1.807) is 0 Å². The van der Waals surface area contributed by atoms with E-state index in [0.29, 0.717) is 0 Å². The first kappa shape index (κ1) is 22.5. The molecule has 0 heterocycles. The Kier molecular flexibility index (Phi) is 25.8. The fraction of sp³-hybridized carbons (Fsp3) is 0. The molecule has 0 saturated heterocycles. The summed E-state index contributed by atoms with van der Waals surface area (Å²) >= 11 is 0. The van der Waals surface area contributed by atoms with Crippen LogP contribution in [0, 0.1) is 0 Å². The minimum absolute atomic E-state index is 0. The molecule has 4 nitrogen and oxygen atoms in total. The summed E-state index contributed by atoms with van der Waals surface area (Å²) in [6.45, 7) is 0. The van der Waals surface area contributed by atoms with Crippen molar-refractivity contribution < 1.29 is 79.5 Å². The fourth-order valence-electron chi connectivity index (χ4n) is 0. The largest absolute Gasteiger partial charge is 1.00 e. The van der Waals surface area contributed by atoms with Gasteiger partial charge in [0.1, 0.15) is 0 Å². The maximum atomic E-state index is 9.45. The van der Waals surface area contributed by atoms with Crippen LogP contribution >= 0.6 is 17.3 Å². The first-order valence-corrected chi connectivity index (χ1v) is 3.00. The summed E-state index contributed by atoms with van der Waals surface area (Å²) in [6, 6.07) is 0. The molecule has 0 fully saturated rings. The number of hydrogen-bond donors (Lipinski definition) is 2. The van der Waals surface area contributed by atoms with Crippen molar-refractivity contribution in [2.45, 2.75) is 0 Å². The molecule has 44 valence electrons. The summed E-state index contributed by atoms with van der Waals surface area (Å²) in [7, 11) is -2.72. The van der Waals surface area contributed by atoms with Gasteiger partial charge in [-0.2, -0.15) is 0 Å². The average molecular weight is 154 g/mol. The molecular weight excluding hydrogens is 147 g/mol. The molecule has 9 heavy (non-hydrogen) atoms. The van der Waals surface area contributed by atoms with Crippen molar-refractivity contribution >= 4 is 17.3 Å². The van der Waals surface area contributed by atoms with Gasteiger partial charge in [0, 0.05) is 9.47 Å². The fourth-order valence-corrected chi connectivity index (χ4v) is 0. The molecule has 0 radical (unpaired) electrons. The summed E-state index contributed by atoms with van der Waals surface area (Å²) in [5.41, 5.74) is 0. The molecule has 0 spiro atoms. The molecule has 0 saturated carbocycles. The van der Waals surface area contributed by atoms with Crippen molar-refractivity contribution in [2.24, 2.45) is 0 Å². The quantitative estimate of drug-likeness (QED) is 0.290. The molecule has 0 aliphatic carbocycles. The van der Waals surface area contributed by atoms with Crippen molar-refractivity contribution in [2.75, 3.05) is 0 Å². The van der Waals surface area contributed by atoms with Crippen LogP contribution < -0.4 is 56.6 Å². The number of rotatable bonds is 1. The van der Waals surface area contributed by atoms with Gasteiger partial charge in [-0.3, -0.25) is 4.31 Å². The van der Waals surface area contributed by atoms with Crippen LogP contribution in [0.25, 0.3) is 0 Å². The van der Waals surface area contributed by atoms with Gasteiger partial charge in [-0.05, 0) is 0 Å². The second-order valence-electron chi connectivity index (χ2n) is 0.596. The monoisotopic (exact) mass is 154 g/mol. The third-order valence-corrected chi connectivity index (χ3v) is 1.24. The molecule has 0 aromatic rings. The predicted molar refractivity (Wildman–Crippen MR) is 26.2 cm³/mol. The molecule has 1 unspecified atom stereocenters. The molecule has 1 atom stereocenters. The van der Waals surface area contributed by atoms with Gasteiger partial charge in [-0.15, -0.1) is 0 Å². The Balaban J connectivity index is -0.00000000833. The second kappa shape index (κ2) is 10.3. The van der Waals surface area contributed by atoms with Crippen LogP contribution in [0.3, 0.4) is 0 Å². The van der Waals surface area contributed by atoms with Crippen LogP contribution in [0.5, 0.6) is 0 Å². The maximum absolute atomic E-state index is 9.45. The summed E-state index contributed by atoms with van der Waals surface area (Å²) < 4.78 is 13.0. The van der Waals surface area contributed by atoms with E-state index in [-0.39, 0.29) is 60.9 Å². The van der Waals surface area contributed by atoms with E-state index in [1.807, 2.05) is 0 Å². The number of phosphoric acid groups is 1. The minimum Gasteiger partial charge on any atom is -1.00 e. The van der Waals surface area contributed by atoms with Crippen LogP contribution in [-0.4, -0.2) is 9.79 Å². The third kappa shape index (κ3) is 25.2. The zero-order valence-corrected chi connectivity index (χ0v) is 7.78. The van der Waals surface area contributed by atoms with E-state index < -0.39 is 7.82 Å². The predicted octanol–water partition coefficient (Wildman–Crippen LogP) is -8.76. The van der Waals surface area contributed by atoms with E-state index in [9.17, 15) is 4.57 Å². The molecule has 0 bridgehead atoms. The molecule has 0 aromatic heterocycles. The molecule has 2 N–H and O–H groups in total. The summed E-state index contributed by atoms with van der Waals surface area (Å²) in [4.78, 5) is 15.4. The topological polar surface area (TPSA) is 66.8 Å². The number of hydrogen-bond acceptors (Lipinski definition) is 2. The van der Waals surface area contributed by atoms with E-state index in [4.69, 9.17) is 9.79 Å². The Morgan fingerprint density at radius 2 is 1.44 bits per heavy atom. The van der Waals surface area contributed by atoms with Crippen LogP contribution in [0.2, 0.25) is 0 Å². The zero-order chi connectivity index (χ0) is 5.21. The molecule has 0 aromatic carbocycles. The van der Waals surface area contributed by atoms with Gasteiger partial charge in [0.05, 0.1) is 0 Å². The minimum atomic E-state index is -4.18. The van der Waals surface area contributed by atoms with Crippen LogP contribution in [0.4, 0.5) is 0 Å². The van der Waals surface area contributed by atoms with Gasteiger partial charge < -0.3 is 14.1 Å². The third-order valence-electron chi connectivity index (χ3n) is 0.137. The SMILES string of the molecule is O=P(O)(O)OP.[H-].[H-].[H-].[Li+].[Li+].[Li+]. The van der Waals surface area contributed by atoms with Crippen LogP contribution in [-0.2, 0) is 8.88 Å². The normalized spacial score (nSPS) is 7.89. The van der Waals surface area contributed by atoms with Gasteiger partial charge in [0.2, 0.25) is 0 Å². The van der Waals surface area contributed by atoms with E-state index in [0.717, 1.165) is 0 Å². The summed E-state index contributed by atoms with van der Waals surface area (Å²) in [5.74, 6) is 0. The first-order valence-electron chi connectivity index (χ1n) is 1.00. The Hall–Kier alpha value is 2.33. The van der Waals surface area contributed by atoms with Gasteiger partial charge in [-0.25, -0.2) is 4.57 Å². The molecule has 0 aliphatic heterocycles. The van der Waals surface area contributed by atoms with Crippen LogP contribution in [0.15, 0.2) is 0 Å². The van der Waals surface area contributed by atoms with Gasteiger partial charge in [0.15, 0.2) is 0 Å². The van der Waals surface area contributed by atoms with Crippen molar-refractivity contribution in [3.05, 3.63) is 0 Å². The Bertz CT molecular complexity index is 87.6. The molecule has 0 rings (SSSR count). The maximum Gasteiger partial charge on any atom is 1.00 e. The van der Waals surface area contributed by atoms with E-state index >= 15 is 0 Å². The summed E-state index contributed by atoms with van der Waals surface area (Å²) in [6.07, 6.45) is 0. The Morgan fingerprint density at radius 3 is 1.44 bits per heavy atom. The molecular formula is H7Li3O4P2. The van der Waals surface area contributed by atoms with Gasteiger partial charge in [-0.1, -0.05) is 0 Å². The Labute approximate surface area is 96.4 Å². The molecule has 9 heteroatoms. The average Bonchev–Trinajstić information content (AvgIpc) is 1.35. The molecule has 0 amide bonds. The van der Waals surface area contributed by atoms with Gasteiger partial charge in [0.25, 0.3) is 0 Å². The second-order valence-corrected chi connectivity index (χ2v) is 2.42. The van der Waals surface area contributed by atoms with E-state index in [2.05, 4.69) is 4.31 Å². The van der Waals surface area contributed by atoms with Crippen molar-refractivity contribution in [3.63, 3.8) is 0 Å². The zero-order valence-electron chi connectivity index (χ0n) is 8.74. The first-order chi connectivity index (χ1) is 2.56. The van der Waals surface area contributed by atoms with Gasteiger partial charge >= 0.3 is 64.4 Å². The Morgan fingerprint density at radius 1 is 1.33 bits per heavy atom. The van der Waals surface area contributed by atoms with Crippen molar-refractivity contribution in [3.8, 4) is 0 Å². The van der Waals surface area contributed by atoms with Crippen molar-refractivity contribution in [1.82, 2.24) is 0 Å². The summed E-state index contributed by atoms with van der Waals surface area (Å²) in [5, 5.41) is 0. The van der Waals surface area contributed by atoms with Crippen molar-refractivity contribution in [1.29, 1.82) is 0 Å². The smallest absolute Gasteiger partial charge is 1.00 e. The van der Waals surface area contributed by atoms with Crippen LogP contribution in [0.1, 0.15) is 4.28 Å². The molecule has 0 aliphatic rings. The standard InChI is InChI=1S/3Li.H4O4P2.3H/c;;;1-6(2,3)4-5;;;/h;;;5H2,(H2,1,2,3);;;/q3*+1;;3*-1.